The first-order chi connectivity index (χ1) is 14.1. The van der Waals surface area contributed by atoms with Crippen LogP contribution < -0.4 is 14.8 Å². The molecule has 0 unspecified atom stereocenters. The molecule has 150 valence electrons. The summed E-state index contributed by atoms with van der Waals surface area (Å²) in [6, 6.07) is 15.5. The number of ether oxygens (including phenoxy) is 2. The van der Waals surface area contributed by atoms with E-state index in [1.165, 1.54) is 6.08 Å². The lowest BCUT2D eigenvalue weighted by molar-refractivity contribution is -0.116. The molecule has 0 fully saturated rings. The van der Waals surface area contributed by atoms with E-state index in [1.54, 1.807) is 24.5 Å². The number of methoxy groups -OCH3 is 1. The summed E-state index contributed by atoms with van der Waals surface area (Å²) >= 11 is 1.60. The predicted octanol–water partition coefficient (Wildman–Crippen LogP) is 4.41. The van der Waals surface area contributed by atoms with Gasteiger partial charge in [-0.1, -0.05) is 30.3 Å². The Morgan fingerprint density at radius 2 is 1.97 bits per heavy atom. The van der Waals surface area contributed by atoms with Gasteiger partial charge < -0.3 is 14.8 Å². The normalized spacial score (nSPS) is 10.8. The van der Waals surface area contributed by atoms with Gasteiger partial charge in [-0.05, 0) is 43.2 Å². The number of rotatable bonds is 9. The molecule has 0 saturated carbocycles. The van der Waals surface area contributed by atoms with Gasteiger partial charge in [-0.15, -0.1) is 11.3 Å². The highest BCUT2D eigenvalue weighted by molar-refractivity contribution is 7.09. The summed E-state index contributed by atoms with van der Waals surface area (Å²) in [5, 5.41) is 5.91. The van der Waals surface area contributed by atoms with Crippen LogP contribution in [0.1, 0.15) is 21.8 Å². The molecule has 1 aromatic heterocycles. The predicted molar refractivity (Wildman–Crippen MR) is 116 cm³/mol. The molecule has 0 radical (unpaired) electrons. The van der Waals surface area contributed by atoms with Crippen molar-refractivity contribution in [1.82, 2.24) is 10.3 Å². The van der Waals surface area contributed by atoms with Gasteiger partial charge in [0.1, 0.15) is 18.1 Å². The van der Waals surface area contributed by atoms with Crippen LogP contribution in [-0.4, -0.2) is 24.5 Å². The van der Waals surface area contributed by atoms with E-state index < -0.39 is 0 Å². The molecule has 2 aromatic carbocycles. The molecular formula is C23H24N2O3S. The van der Waals surface area contributed by atoms with Gasteiger partial charge in [0.25, 0.3) is 0 Å². The van der Waals surface area contributed by atoms with Crippen molar-refractivity contribution in [3.63, 3.8) is 0 Å². The molecule has 3 aromatic rings. The van der Waals surface area contributed by atoms with Crippen molar-refractivity contribution in [3.8, 4) is 11.5 Å². The molecule has 1 N–H and O–H groups in total. The zero-order chi connectivity index (χ0) is 20.5. The summed E-state index contributed by atoms with van der Waals surface area (Å²) in [6.07, 6.45) is 4.06. The third-order valence-corrected chi connectivity index (χ3v) is 5.07. The van der Waals surface area contributed by atoms with Gasteiger partial charge >= 0.3 is 0 Å². The number of nitrogens with one attached hydrogen (secondary N) is 1. The standard InChI is InChI=1S/C23H24N2O3S/c1-17-25-20(16-29-17)15-28-22-6-4-3-5-19(22)9-12-23(26)24-14-13-18-7-10-21(27-2)11-8-18/h3-12,16H,13-15H2,1-2H3,(H,24,26). The van der Waals surface area contributed by atoms with E-state index in [4.69, 9.17) is 9.47 Å². The second-order valence-corrected chi connectivity index (χ2v) is 7.47. The summed E-state index contributed by atoms with van der Waals surface area (Å²) in [6.45, 7) is 2.94. The third-order valence-electron chi connectivity index (χ3n) is 4.25. The van der Waals surface area contributed by atoms with E-state index in [9.17, 15) is 4.79 Å². The fourth-order valence-electron chi connectivity index (χ4n) is 2.72. The number of nitrogens with zero attached hydrogens (tertiary/aromatic N) is 1. The lowest BCUT2D eigenvalue weighted by Crippen LogP contribution is -2.23. The van der Waals surface area contributed by atoms with E-state index in [-0.39, 0.29) is 5.91 Å². The highest BCUT2D eigenvalue weighted by atomic mass is 32.1. The molecule has 0 aliphatic heterocycles. The molecule has 0 aliphatic rings. The van der Waals surface area contributed by atoms with Gasteiger partial charge in [-0.25, -0.2) is 4.98 Å². The number of carbonyl (C=O) groups excluding carboxylic acids is 1. The average molecular weight is 409 g/mol. The zero-order valence-electron chi connectivity index (χ0n) is 16.6. The second kappa shape index (κ2) is 10.4. The van der Waals surface area contributed by atoms with Crippen LogP contribution in [0.15, 0.2) is 60.0 Å². The van der Waals surface area contributed by atoms with Crippen molar-refractivity contribution >= 4 is 23.3 Å². The first kappa shape index (κ1) is 20.6. The molecule has 0 bridgehead atoms. The Morgan fingerprint density at radius 3 is 2.69 bits per heavy atom. The molecular weight excluding hydrogens is 384 g/mol. The summed E-state index contributed by atoms with van der Waals surface area (Å²) in [4.78, 5) is 16.5. The van der Waals surface area contributed by atoms with Crippen molar-refractivity contribution < 1.29 is 14.3 Å². The van der Waals surface area contributed by atoms with Crippen molar-refractivity contribution in [2.75, 3.05) is 13.7 Å². The number of benzene rings is 2. The van der Waals surface area contributed by atoms with E-state index >= 15 is 0 Å². The number of para-hydroxylation sites is 1. The maximum atomic E-state index is 12.1. The van der Waals surface area contributed by atoms with Crippen LogP contribution in [0.5, 0.6) is 11.5 Å². The fourth-order valence-corrected chi connectivity index (χ4v) is 3.32. The van der Waals surface area contributed by atoms with Crippen LogP contribution in [0.4, 0.5) is 0 Å². The molecule has 0 saturated heterocycles. The third kappa shape index (κ3) is 6.47. The smallest absolute Gasteiger partial charge is 0.244 e. The van der Waals surface area contributed by atoms with Crippen LogP contribution in [0.25, 0.3) is 6.08 Å². The summed E-state index contributed by atoms with van der Waals surface area (Å²) in [5.74, 6) is 1.41. The lowest BCUT2D eigenvalue weighted by atomic mass is 10.1. The van der Waals surface area contributed by atoms with Crippen LogP contribution in [0.3, 0.4) is 0 Å². The number of hydrogen-bond acceptors (Lipinski definition) is 5. The quantitative estimate of drug-likeness (QED) is 0.533. The molecule has 0 atom stereocenters. The monoisotopic (exact) mass is 408 g/mol. The van der Waals surface area contributed by atoms with Crippen molar-refractivity contribution in [2.24, 2.45) is 0 Å². The maximum Gasteiger partial charge on any atom is 0.244 e. The maximum absolute atomic E-state index is 12.1. The van der Waals surface area contributed by atoms with E-state index in [1.807, 2.05) is 60.8 Å². The molecule has 0 aliphatic carbocycles. The molecule has 6 heteroatoms. The zero-order valence-corrected chi connectivity index (χ0v) is 17.4. The Bertz CT molecular complexity index is 964. The Kier molecular flexibility index (Phi) is 7.41. The van der Waals surface area contributed by atoms with Gasteiger partial charge in [0.15, 0.2) is 0 Å². The minimum absolute atomic E-state index is 0.136. The number of aryl methyl sites for hydroxylation is 1. The molecule has 0 spiro atoms. The van der Waals surface area contributed by atoms with Crippen molar-refractivity contribution in [1.29, 1.82) is 0 Å². The first-order valence-corrected chi connectivity index (χ1v) is 10.2. The molecule has 1 heterocycles. The fraction of sp³-hybridized carbons (Fsp3) is 0.217. The average Bonchev–Trinajstić information content (AvgIpc) is 3.17. The molecule has 5 nitrogen and oxygen atoms in total. The van der Waals surface area contributed by atoms with Gasteiger partial charge in [0, 0.05) is 23.6 Å². The van der Waals surface area contributed by atoms with Crippen LogP contribution in [0, 0.1) is 6.92 Å². The molecule has 29 heavy (non-hydrogen) atoms. The SMILES string of the molecule is COc1ccc(CCNC(=O)C=Cc2ccccc2OCc2csc(C)n2)cc1. The molecule has 3 rings (SSSR count). The second-order valence-electron chi connectivity index (χ2n) is 6.41. The summed E-state index contributed by atoms with van der Waals surface area (Å²) < 4.78 is 11.0. The number of amides is 1. The lowest BCUT2D eigenvalue weighted by Gasteiger charge is -2.08. The van der Waals surface area contributed by atoms with Gasteiger partial charge in [0.2, 0.25) is 5.91 Å². The Morgan fingerprint density at radius 1 is 1.17 bits per heavy atom. The van der Waals surface area contributed by atoms with E-state index in [2.05, 4.69) is 10.3 Å². The largest absolute Gasteiger partial charge is 0.497 e. The Balaban J connectivity index is 1.50. The number of carbonyl (C=O) groups is 1. The van der Waals surface area contributed by atoms with Gasteiger partial charge in [-0.2, -0.15) is 0 Å². The highest BCUT2D eigenvalue weighted by Crippen LogP contribution is 2.21. The minimum Gasteiger partial charge on any atom is -0.497 e. The number of hydrogen-bond donors (Lipinski definition) is 1. The highest BCUT2D eigenvalue weighted by Gasteiger charge is 2.04. The van der Waals surface area contributed by atoms with Gasteiger partial charge in [0.05, 0.1) is 17.8 Å². The van der Waals surface area contributed by atoms with Crippen molar-refractivity contribution in [2.45, 2.75) is 20.0 Å². The number of thiazole rings is 1. The summed E-state index contributed by atoms with van der Waals surface area (Å²) in [7, 11) is 1.64. The Labute approximate surface area is 175 Å². The Hall–Kier alpha value is -3.12. The topological polar surface area (TPSA) is 60.5 Å². The van der Waals surface area contributed by atoms with Crippen LogP contribution in [0.2, 0.25) is 0 Å². The number of aromatic nitrogens is 1. The van der Waals surface area contributed by atoms with Crippen molar-refractivity contribution in [3.05, 3.63) is 81.8 Å². The van der Waals surface area contributed by atoms with Crippen LogP contribution in [-0.2, 0) is 17.8 Å². The first-order valence-electron chi connectivity index (χ1n) is 9.36. The van der Waals surface area contributed by atoms with Gasteiger partial charge in [-0.3, -0.25) is 4.79 Å². The minimum atomic E-state index is -0.136. The summed E-state index contributed by atoms with van der Waals surface area (Å²) in [5.41, 5.74) is 2.90. The molecule has 1 amide bonds. The van der Waals surface area contributed by atoms with Crippen LogP contribution >= 0.6 is 11.3 Å². The van der Waals surface area contributed by atoms with E-state index in [0.717, 1.165) is 39.7 Å². The van der Waals surface area contributed by atoms with E-state index in [0.29, 0.717) is 13.2 Å².